The first kappa shape index (κ1) is 24.5. The van der Waals surface area contributed by atoms with E-state index in [-0.39, 0.29) is 42.6 Å². The highest BCUT2D eigenvalue weighted by molar-refractivity contribution is 7.13. The molecule has 1 aromatic heterocycles. The van der Waals surface area contributed by atoms with Crippen LogP contribution in [0.15, 0.2) is 35.8 Å². The lowest BCUT2D eigenvalue weighted by Crippen LogP contribution is -2.48. The molecule has 0 aliphatic rings. The van der Waals surface area contributed by atoms with Crippen LogP contribution < -0.4 is 15.5 Å². The van der Waals surface area contributed by atoms with Gasteiger partial charge in [0.1, 0.15) is 6.54 Å². The number of carbonyl (C=O) groups excluding carboxylic acids is 3. The van der Waals surface area contributed by atoms with Gasteiger partial charge >= 0.3 is 0 Å². The van der Waals surface area contributed by atoms with Gasteiger partial charge in [0.05, 0.1) is 0 Å². The average Bonchev–Trinajstić information content (AvgIpc) is 3.23. The zero-order valence-electron chi connectivity index (χ0n) is 18.9. The first-order valence-corrected chi connectivity index (χ1v) is 11.4. The Balaban J connectivity index is 2.10. The fourth-order valence-electron chi connectivity index (χ4n) is 2.83. The lowest BCUT2D eigenvalue weighted by molar-refractivity contribution is -0.125. The van der Waals surface area contributed by atoms with Gasteiger partial charge in [0.2, 0.25) is 17.7 Å². The summed E-state index contributed by atoms with van der Waals surface area (Å²) in [5.41, 5.74) is 1.43. The van der Waals surface area contributed by atoms with E-state index in [0.29, 0.717) is 16.7 Å². The molecular weight excluding hydrogens is 412 g/mol. The Hall–Kier alpha value is -2.74. The minimum Gasteiger partial charge on any atom is -0.350 e. The molecule has 0 bridgehead atoms. The van der Waals surface area contributed by atoms with Gasteiger partial charge in [-0.25, -0.2) is 4.98 Å². The van der Waals surface area contributed by atoms with Crippen molar-refractivity contribution in [3.63, 3.8) is 0 Å². The number of aromatic nitrogens is 1. The highest BCUT2D eigenvalue weighted by Crippen LogP contribution is 2.21. The molecule has 2 N–H and O–H groups in total. The third kappa shape index (κ3) is 7.79. The third-order valence-corrected chi connectivity index (χ3v) is 5.77. The predicted molar refractivity (Wildman–Crippen MR) is 125 cm³/mol. The lowest BCUT2D eigenvalue weighted by atomic mass is 10.0. The van der Waals surface area contributed by atoms with E-state index in [9.17, 15) is 14.4 Å². The van der Waals surface area contributed by atoms with Crippen molar-refractivity contribution >= 4 is 39.9 Å². The summed E-state index contributed by atoms with van der Waals surface area (Å²) in [6, 6.07) is 7.62. The highest BCUT2D eigenvalue weighted by Gasteiger charge is 2.24. The van der Waals surface area contributed by atoms with E-state index in [1.165, 1.54) is 16.2 Å². The van der Waals surface area contributed by atoms with Crippen LogP contribution in [0.25, 0.3) is 0 Å². The molecule has 0 unspecified atom stereocenters. The van der Waals surface area contributed by atoms with Crippen LogP contribution in [0.5, 0.6) is 0 Å². The Kier molecular flexibility index (Phi) is 8.74. The molecule has 1 heterocycles. The quantitative estimate of drug-likeness (QED) is 0.571. The number of carbonyl (C=O) groups is 3. The molecule has 2 rings (SSSR count). The Bertz CT molecular complexity index is 877. The fourth-order valence-corrected chi connectivity index (χ4v) is 3.38. The molecule has 0 saturated carbocycles. The summed E-state index contributed by atoms with van der Waals surface area (Å²) < 4.78 is 0. The smallest absolute Gasteiger partial charge is 0.240 e. The minimum absolute atomic E-state index is 0.00636. The second kappa shape index (κ2) is 11.0. The zero-order chi connectivity index (χ0) is 23.0. The average molecular weight is 445 g/mol. The van der Waals surface area contributed by atoms with Gasteiger partial charge in [-0.05, 0) is 43.9 Å². The maximum absolute atomic E-state index is 13.0. The fraction of sp³-hybridized carbons (Fsp3) is 0.478. The summed E-state index contributed by atoms with van der Waals surface area (Å²) in [6.07, 6.45) is 2.38. The summed E-state index contributed by atoms with van der Waals surface area (Å²) in [7, 11) is 0. The molecule has 168 valence electrons. The van der Waals surface area contributed by atoms with Crippen molar-refractivity contribution < 1.29 is 14.4 Å². The Labute approximate surface area is 188 Å². The topological polar surface area (TPSA) is 91.4 Å². The van der Waals surface area contributed by atoms with Crippen molar-refractivity contribution in [2.45, 2.75) is 65.3 Å². The molecule has 7 nitrogen and oxygen atoms in total. The molecule has 1 aromatic carbocycles. The molecular formula is C23H32N4O3S. The van der Waals surface area contributed by atoms with Crippen molar-refractivity contribution in [1.82, 2.24) is 10.3 Å². The van der Waals surface area contributed by atoms with Crippen LogP contribution in [0.1, 0.15) is 65.4 Å². The van der Waals surface area contributed by atoms with Crippen molar-refractivity contribution in [2.75, 3.05) is 16.8 Å². The number of nitrogens with zero attached hydrogens (tertiary/aromatic N) is 2. The SMILES string of the molecule is CCC(C)(C)NC(=O)CN(C(=O)CCC(=O)Nc1nccs1)c1ccc(C(C)C)cc1. The first-order valence-electron chi connectivity index (χ1n) is 10.5. The van der Waals surface area contributed by atoms with Gasteiger partial charge in [-0.3, -0.25) is 14.4 Å². The summed E-state index contributed by atoms with van der Waals surface area (Å²) in [5.74, 6) is -0.437. The number of nitrogens with one attached hydrogen (secondary N) is 2. The largest absolute Gasteiger partial charge is 0.350 e. The van der Waals surface area contributed by atoms with Crippen molar-refractivity contribution in [1.29, 1.82) is 0 Å². The summed E-state index contributed by atoms with van der Waals surface area (Å²) in [4.78, 5) is 43.2. The Morgan fingerprint density at radius 1 is 1.10 bits per heavy atom. The number of rotatable bonds is 10. The molecule has 0 saturated heterocycles. The predicted octanol–water partition coefficient (Wildman–Crippen LogP) is 4.32. The van der Waals surface area contributed by atoms with E-state index in [2.05, 4.69) is 29.5 Å². The molecule has 0 fully saturated rings. The van der Waals surface area contributed by atoms with E-state index in [1.807, 2.05) is 45.0 Å². The molecule has 0 atom stereocenters. The van der Waals surface area contributed by atoms with Gasteiger partial charge in [-0.1, -0.05) is 32.9 Å². The molecule has 0 spiro atoms. The molecule has 3 amide bonds. The van der Waals surface area contributed by atoms with Gasteiger partial charge in [0, 0.05) is 35.6 Å². The number of hydrogen-bond donors (Lipinski definition) is 2. The number of anilines is 2. The van der Waals surface area contributed by atoms with Gasteiger partial charge in [-0.2, -0.15) is 0 Å². The van der Waals surface area contributed by atoms with Gasteiger partial charge in [-0.15, -0.1) is 11.3 Å². The second-order valence-corrected chi connectivity index (χ2v) is 9.29. The third-order valence-electron chi connectivity index (χ3n) is 5.08. The van der Waals surface area contributed by atoms with E-state index < -0.39 is 0 Å². The van der Waals surface area contributed by atoms with Crippen molar-refractivity contribution in [3.8, 4) is 0 Å². The van der Waals surface area contributed by atoms with Crippen LogP contribution in [0.3, 0.4) is 0 Å². The number of amides is 3. The molecule has 0 aliphatic carbocycles. The number of thiazole rings is 1. The van der Waals surface area contributed by atoms with Crippen molar-refractivity contribution in [2.24, 2.45) is 0 Å². The summed E-state index contributed by atoms with van der Waals surface area (Å²) >= 11 is 1.32. The van der Waals surface area contributed by atoms with E-state index >= 15 is 0 Å². The molecule has 8 heteroatoms. The zero-order valence-corrected chi connectivity index (χ0v) is 19.7. The van der Waals surface area contributed by atoms with Crippen LogP contribution in [0, 0.1) is 0 Å². The minimum atomic E-state index is -0.360. The molecule has 0 radical (unpaired) electrons. The standard InChI is InChI=1S/C23H32N4O3S/c1-6-23(4,5)26-20(29)15-27(18-9-7-17(8-10-18)16(2)3)21(30)12-11-19(28)25-22-24-13-14-31-22/h7-10,13-14,16H,6,11-12,15H2,1-5H3,(H,26,29)(H,24,25,28). The Morgan fingerprint density at radius 3 is 2.32 bits per heavy atom. The summed E-state index contributed by atoms with van der Waals surface area (Å²) in [6.45, 7) is 9.97. The van der Waals surface area contributed by atoms with Gasteiger partial charge in [0.25, 0.3) is 0 Å². The molecule has 31 heavy (non-hydrogen) atoms. The lowest BCUT2D eigenvalue weighted by Gasteiger charge is -2.28. The second-order valence-electron chi connectivity index (χ2n) is 8.40. The van der Waals surface area contributed by atoms with E-state index in [0.717, 1.165) is 12.0 Å². The van der Waals surface area contributed by atoms with Crippen LogP contribution in [0.4, 0.5) is 10.8 Å². The van der Waals surface area contributed by atoms with E-state index in [1.54, 1.807) is 11.6 Å². The van der Waals surface area contributed by atoms with Crippen molar-refractivity contribution in [3.05, 3.63) is 41.4 Å². The Morgan fingerprint density at radius 2 is 1.77 bits per heavy atom. The summed E-state index contributed by atoms with van der Waals surface area (Å²) in [5, 5.41) is 7.90. The monoisotopic (exact) mass is 444 g/mol. The number of hydrogen-bond acceptors (Lipinski definition) is 5. The maximum Gasteiger partial charge on any atom is 0.240 e. The molecule has 2 aromatic rings. The normalized spacial score (nSPS) is 11.3. The van der Waals surface area contributed by atoms with Gasteiger partial charge in [0.15, 0.2) is 5.13 Å². The van der Waals surface area contributed by atoms with E-state index in [4.69, 9.17) is 0 Å². The first-order chi connectivity index (χ1) is 14.6. The maximum atomic E-state index is 13.0. The highest BCUT2D eigenvalue weighted by atomic mass is 32.1. The van der Waals surface area contributed by atoms with Crippen LogP contribution >= 0.6 is 11.3 Å². The van der Waals surface area contributed by atoms with Gasteiger partial charge < -0.3 is 15.5 Å². The number of benzene rings is 1. The van der Waals surface area contributed by atoms with Crippen LogP contribution in [0.2, 0.25) is 0 Å². The van der Waals surface area contributed by atoms with Crippen LogP contribution in [-0.2, 0) is 14.4 Å². The van der Waals surface area contributed by atoms with Crippen LogP contribution in [-0.4, -0.2) is 34.8 Å². The molecule has 0 aliphatic heterocycles.